The van der Waals surface area contributed by atoms with Gasteiger partial charge >= 0.3 is 0 Å². The largest absolute Gasteiger partial charge is 0.392 e. The second-order valence-corrected chi connectivity index (χ2v) is 5.18. The Morgan fingerprint density at radius 1 is 1.21 bits per heavy atom. The summed E-state index contributed by atoms with van der Waals surface area (Å²) in [5, 5.41) is 13.3. The van der Waals surface area contributed by atoms with E-state index < -0.39 is 0 Å². The minimum absolute atomic E-state index is 0.0878. The van der Waals surface area contributed by atoms with Crippen LogP contribution in [0, 0.1) is 11.8 Å². The molecule has 3 unspecified atom stereocenters. The van der Waals surface area contributed by atoms with Crippen LogP contribution in [0.25, 0.3) is 0 Å². The van der Waals surface area contributed by atoms with Crippen LogP contribution in [0.1, 0.15) is 45.4 Å². The number of hydrogen-bond acceptors (Lipinski definition) is 2. The van der Waals surface area contributed by atoms with Gasteiger partial charge in [-0.15, -0.1) is 0 Å². The third-order valence-electron chi connectivity index (χ3n) is 3.86. The van der Waals surface area contributed by atoms with Crippen LogP contribution in [0.4, 0.5) is 0 Å². The zero-order valence-electron chi connectivity index (χ0n) is 9.21. The number of nitrogens with one attached hydrogen (secondary N) is 1. The molecule has 14 heavy (non-hydrogen) atoms. The SMILES string of the molecule is CC(CNC1CCCCC1O)C1CC1. The highest BCUT2D eigenvalue weighted by Gasteiger charge is 2.29. The molecule has 0 radical (unpaired) electrons. The maximum absolute atomic E-state index is 9.77. The first-order valence-electron chi connectivity index (χ1n) is 6.19. The molecule has 0 aliphatic heterocycles. The fourth-order valence-electron chi connectivity index (χ4n) is 2.52. The predicted molar refractivity (Wildman–Crippen MR) is 58.2 cm³/mol. The van der Waals surface area contributed by atoms with Crippen LogP contribution in [0.5, 0.6) is 0 Å². The fourth-order valence-corrected chi connectivity index (χ4v) is 2.52. The van der Waals surface area contributed by atoms with Crippen molar-refractivity contribution in [3.8, 4) is 0 Å². The van der Waals surface area contributed by atoms with Crippen LogP contribution < -0.4 is 5.32 Å². The summed E-state index contributed by atoms with van der Waals surface area (Å²) in [6.07, 6.45) is 7.42. The van der Waals surface area contributed by atoms with Crippen molar-refractivity contribution in [2.45, 2.75) is 57.6 Å². The third-order valence-corrected chi connectivity index (χ3v) is 3.86. The van der Waals surface area contributed by atoms with Gasteiger partial charge in [-0.2, -0.15) is 0 Å². The Bertz CT molecular complexity index is 179. The van der Waals surface area contributed by atoms with E-state index in [2.05, 4.69) is 12.2 Å². The summed E-state index contributed by atoms with van der Waals surface area (Å²) < 4.78 is 0. The molecule has 2 N–H and O–H groups in total. The Morgan fingerprint density at radius 2 is 1.93 bits per heavy atom. The van der Waals surface area contributed by atoms with Crippen molar-refractivity contribution in [3.05, 3.63) is 0 Å². The minimum atomic E-state index is -0.0878. The lowest BCUT2D eigenvalue weighted by Gasteiger charge is -2.29. The van der Waals surface area contributed by atoms with Gasteiger partial charge in [0.15, 0.2) is 0 Å². The van der Waals surface area contributed by atoms with E-state index in [1.807, 2.05) is 0 Å². The van der Waals surface area contributed by atoms with E-state index in [-0.39, 0.29) is 6.10 Å². The molecule has 0 saturated heterocycles. The minimum Gasteiger partial charge on any atom is -0.392 e. The molecule has 0 aromatic rings. The third kappa shape index (κ3) is 2.71. The Morgan fingerprint density at radius 3 is 2.57 bits per heavy atom. The Hall–Kier alpha value is -0.0800. The molecule has 0 amide bonds. The topological polar surface area (TPSA) is 32.3 Å². The molecule has 2 rings (SSSR count). The first-order chi connectivity index (χ1) is 6.77. The van der Waals surface area contributed by atoms with Crippen molar-refractivity contribution in [1.82, 2.24) is 5.32 Å². The maximum Gasteiger partial charge on any atom is 0.0693 e. The van der Waals surface area contributed by atoms with E-state index in [4.69, 9.17) is 0 Å². The molecule has 0 heterocycles. The number of hydrogen-bond donors (Lipinski definition) is 2. The van der Waals surface area contributed by atoms with Gasteiger partial charge in [0.25, 0.3) is 0 Å². The van der Waals surface area contributed by atoms with Crippen LogP contribution in [-0.4, -0.2) is 23.8 Å². The van der Waals surface area contributed by atoms with Gasteiger partial charge in [-0.25, -0.2) is 0 Å². The lowest BCUT2D eigenvalue weighted by Crippen LogP contribution is -2.43. The fraction of sp³-hybridized carbons (Fsp3) is 1.00. The molecule has 0 spiro atoms. The van der Waals surface area contributed by atoms with E-state index in [9.17, 15) is 5.11 Å². The molecule has 2 saturated carbocycles. The molecule has 2 nitrogen and oxygen atoms in total. The Labute approximate surface area is 87.1 Å². The normalized spacial score (nSPS) is 35.6. The van der Waals surface area contributed by atoms with Crippen molar-refractivity contribution in [3.63, 3.8) is 0 Å². The van der Waals surface area contributed by atoms with Gasteiger partial charge in [-0.05, 0) is 44.1 Å². The molecule has 0 bridgehead atoms. The van der Waals surface area contributed by atoms with Crippen molar-refractivity contribution in [2.24, 2.45) is 11.8 Å². The highest BCUT2D eigenvalue weighted by atomic mass is 16.3. The van der Waals surface area contributed by atoms with Gasteiger partial charge in [-0.1, -0.05) is 19.8 Å². The average molecular weight is 197 g/mol. The monoisotopic (exact) mass is 197 g/mol. The second kappa shape index (κ2) is 4.63. The molecular weight excluding hydrogens is 174 g/mol. The zero-order chi connectivity index (χ0) is 9.97. The van der Waals surface area contributed by atoms with Gasteiger partial charge < -0.3 is 10.4 Å². The average Bonchev–Trinajstić information content (AvgIpc) is 2.99. The molecule has 2 fully saturated rings. The van der Waals surface area contributed by atoms with Crippen LogP contribution in [-0.2, 0) is 0 Å². The summed E-state index contributed by atoms with van der Waals surface area (Å²) in [6.45, 7) is 3.44. The summed E-state index contributed by atoms with van der Waals surface area (Å²) in [6, 6.07) is 0.380. The predicted octanol–water partition coefficient (Wildman–Crippen LogP) is 1.93. The van der Waals surface area contributed by atoms with E-state index >= 15 is 0 Å². The molecule has 82 valence electrons. The molecule has 3 atom stereocenters. The highest BCUT2D eigenvalue weighted by Crippen LogP contribution is 2.36. The van der Waals surface area contributed by atoms with Crippen LogP contribution in [0.3, 0.4) is 0 Å². The van der Waals surface area contributed by atoms with Gasteiger partial charge in [0.2, 0.25) is 0 Å². The Balaban J connectivity index is 1.67. The van der Waals surface area contributed by atoms with Gasteiger partial charge in [0.1, 0.15) is 0 Å². The lowest BCUT2D eigenvalue weighted by atomic mass is 9.92. The van der Waals surface area contributed by atoms with E-state index in [1.54, 1.807) is 0 Å². The first-order valence-corrected chi connectivity index (χ1v) is 6.19. The van der Waals surface area contributed by atoms with Crippen molar-refractivity contribution < 1.29 is 5.11 Å². The number of rotatable bonds is 4. The summed E-state index contributed by atoms with van der Waals surface area (Å²) in [4.78, 5) is 0. The maximum atomic E-state index is 9.77. The summed E-state index contributed by atoms with van der Waals surface area (Å²) >= 11 is 0. The van der Waals surface area contributed by atoms with E-state index in [0.717, 1.165) is 24.8 Å². The number of aliphatic hydroxyl groups excluding tert-OH is 1. The van der Waals surface area contributed by atoms with Crippen molar-refractivity contribution >= 4 is 0 Å². The molecule has 0 aromatic heterocycles. The van der Waals surface area contributed by atoms with E-state index in [1.165, 1.54) is 32.1 Å². The van der Waals surface area contributed by atoms with Crippen LogP contribution in [0.15, 0.2) is 0 Å². The highest BCUT2D eigenvalue weighted by molar-refractivity contribution is 4.84. The van der Waals surface area contributed by atoms with Gasteiger partial charge in [0, 0.05) is 6.04 Å². The number of aliphatic hydroxyl groups is 1. The van der Waals surface area contributed by atoms with Crippen molar-refractivity contribution in [1.29, 1.82) is 0 Å². The van der Waals surface area contributed by atoms with Crippen LogP contribution in [0.2, 0.25) is 0 Å². The standard InChI is InChI=1S/C12H23NO/c1-9(10-6-7-10)8-13-11-4-2-3-5-12(11)14/h9-14H,2-8H2,1H3. The summed E-state index contributed by atoms with van der Waals surface area (Å²) in [7, 11) is 0. The zero-order valence-corrected chi connectivity index (χ0v) is 9.21. The lowest BCUT2D eigenvalue weighted by molar-refractivity contribution is 0.0887. The smallest absolute Gasteiger partial charge is 0.0693 e. The van der Waals surface area contributed by atoms with Gasteiger partial charge in [-0.3, -0.25) is 0 Å². The molecular formula is C12H23NO. The first kappa shape index (κ1) is 10.4. The van der Waals surface area contributed by atoms with Gasteiger partial charge in [0.05, 0.1) is 6.10 Å². The molecule has 2 aliphatic carbocycles. The van der Waals surface area contributed by atoms with Crippen molar-refractivity contribution in [2.75, 3.05) is 6.54 Å². The quantitative estimate of drug-likeness (QED) is 0.721. The Kier molecular flexibility index (Phi) is 3.45. The molecule has 2 aliphatic rings. The summed E-state index contributed by atoms with van der Waals surface area (Å²) in [5.74, 6) is 1.78. The summed E-state index contributed by atoms with van der Waals surface area (Å²) in [5.41, 5.74) is 0. The molecule has 2 heteroatoms. The second-order valence-electron chi connectivity index (χ2n) is 5.18. The molecule has 0 aromatic carbocycles. The van der Waals surface area contributed by atoms with Crippen LogP contribution >= 0.6 is 0 Å². The van der Waals surface area contributed by atoms with E-state index in [0.29, 0.717) is 6.04 Å².